The molecule has 13 heavy (non-hydrogen) atoms. The van der Waals surface area contributed by atoms with Gasteiger partial charge in [-0.1, -0.05) is 27.2 Å². The number of rotatable bonds is 5. The highest BCUT2D eigenvalue weighted by molar-refractivity contribution is 4.94. The van der Waals surface area contributed by atoms with E-state index < -0.39 is 0 Å². The molecule has 2 nitrogen and oxygen atoms in total. The number of hydrogen-bond donors (Lipinski definition) is 1. The Labute approximate surface area is 82.0 Å². The first kappa shape index (κ1) is 11.0. The van der Waals surface area contributed by atoms with Crippen LogP contribution < -0.4 is 5.32 Å². The minimum Gasteiger partial charge on any atom is -0.377 e. The van der Waals surface area contributed by atoms with Crippen LogP contribution in [0.15, 0.2) is 0 Å². The molecule has 78 valence electrons. The summed E-state index contributed by atoms with van der Waals surface area (Å²) >= 11 is 0. The van der Waals surface area contributed by atoms with E-state index >= 15 is 0 Å². The van der Waals surface area contributed by atoms with Crippen molar-refractivity contribution in [2.75, 3.05) is 19.7 Å². The van der Waals surface area contributed by atoms with Gasteiger partial charge in [0, 0.05) is 5.41 Å². The minimum atomic E-state index is 0.414. The molecular weight excluding hydrogens is 162 g/mol. The number of hydrogen-bond acceptors (Lipinski definition) is 2. The van der Waals surface area contributed by atoms with E-state index in [9.17, 15) is 0 Å². The molecule has 0 bridgehead atoms. The number of nitrogens with one attached hydrogen (secondary N) is 1. The van der Waals surface area contributed by atoms with Crippen molar-refractivity contribution < 1.29 is 4.74 Å². The lowest BCUT2D eigenvalue weighted by atomic mass is 9.69. The average Bonchev–Trinajstić information content (AvgIpc) is 2.16. The molecule has 0 aromatic heterocycles. The van der Waals surface area contributed by atoms with E-state index in [1.165, 1.54) is 6.42 Å². The maximum Gasteiger partial charge on any atom is 0.0626 e. The van der Waals surface area contributed by atoms with Gasteiger partial charge in [0.05, 0.1) is 12.7 Å². The molecule has 1 aliphatic heterocycles. The summed E-state index contributed by atoms with van der Waals surface area (Å²) in [5, 5.41) is 3.44. The molecule has 1 N–H and O–H groups in total. The molecule has 0 aliphatic carbocycles. The van der Waals surface area contributed by atoms with E-state index in [0.717, 1.165) is 25.6 Å². The molecule has 0 aromatic rings. The monoisotopic (exact) mass is 185 g/mol. The van der Waals surface area contributed by atoms with E-state index in [4.69, 9.17) is 4.74 Å². The van der Waals surface area contributed by atoms with Gasteiger partial charge in [0.15, 0.2) is 0 Å². The van der Waals surface area contributed by atoms with Crippen LogP contribution in [0, 0.1) is 11.3 Å². The molecule has 2 heteroatoms. The quantitative estimate of drug-likeness (QED) is 0.708. The third-order valence-corrected chi connectivity index (χ3v) is 3.64. The van der Waals surface area contributed by atoms with Gasteiger partial charge < -0.3 is 10.1 Å². The first-order chi connectivity index (χ1) is 6.15. The zero-order valence-electron chi connectivity index (χ0n) is 9.39. The maximum absolute atomic E-state index is 5.48. The minimum absolute atomic E-state index is 0.414. The normalized spacial score (nSPS) is 35.5. The van der Waals surface area contributed by atoms with Crippen LogP contribution in [-0.2, 0) is 4.74 Å². The van der Waals surface area contributed by atoms with Crippen molar-refractivity contribution in [3.63, 3.8) is 0 Å². The van der Waals surface area contributed by atoms with Gasteiger partial charge in [-0.05, 0) is 25.9 Å². The van der Waals surface area contributed by atoms with Crippen LogP contribution in [0.2, 0.25) is 0 Å². The zero-order chi connectivity index (χ0) is 9.90. The standard InChI is InChI=1S/C11H23NO/c1-5-10(7-12-6-2)11(4)8-13-9(11)3/h9-10,12H,5-8H2,1-4H3. The largest absolute Gasteiger partial charge is 0.377 e. The predicted molar refractivity (Wildman–Crippen MR) is 55.8 cm³/mol. The van der Waals surface area contributed by atoms with Crippen LogP contribution in [0.3, 0.4) is 0 Å². The van der Waals surface area contributed by atoms with E-state index in [1.54, 1.807) is 0 Å². The van der Waals surface area contributed by atoms with Crippen LogP contribution in [0.1, 0.15) is 34.1 Å². The number of ether oxygens (including phenoxy) is 1. The van der Waals surface area contributed by atoms with Gasteiger partial charge in [0.1, 0.15) is 0 Å². The van der Waals surface area contributed by atoms with Crippen molar-refractivity contribution >= 4 is 0 Å². The molecule has 0 amide bonds. The van der Waals surface area contributed by atoms with Gasteiger partial charge >= 0.3 is 0 Å². The fraction of sp³-hybridized carbons (Fsp3) is 1.00. The first-order valence-corrected chi connectivity index (χ1v) is 5.47. The molecule has 1 rings (SSSR count). The summed E-state index contributed by atoms with van der Waals surface area (Å²) in [5.41, 5.74) is 0.414. The molecule has 3 unspecified atom stereocenters. The van der Waals surface area contributed by atoms with E-state index in [0.29, 0.717) is 11.5 Å². The molecule has 0 radical (unpaired) electrons. The smallest absolute Gasteiger partial charge is 0.0626 e. The Morgan fingerprint density at radius 1 is 1.54 bits per heavy atom. The lowest BCUT2D eigenvalue weighted by molar-refractivity contribution is -0.194. The van der Waals surface area contributed by atoms with E-state index in [-0.39, 0.29) is 0 Å². The molecule has 0 spiro atoms. The third-order valence-electron chi connectivity index (χ3n) is 3.64. The summed E-state index contributed by atoms with van der Waals surface area (Å²) < 4.78 is 5.48. The summed E-state index contributed by atoms with van der Waals surface area (Å²) in [6.07, 6.45) is 1.69. The molecule has 1 heterocycles. The van der Waals surface area contributed by atoms with E-state index in [2.05, 4.69) is 33.0 Å². The predicted octanol–water partition coefficient (Wildman–Crippen LogP) is 2.05. The van der Waals surface area contributed by atoms with Crippen molar-refractivity contribution in [2.45, 2.75) is 40.2 Å². The van der Waals surface area contributed by atoms with Crippen LogP contribution in [0.25, 0.3) is 0 Å². The summed E-state index contributed by atoms with van der Waals surface area (Å²) in [6.45, 7) is 12.1. The highest BCUT2D eigenvalue weighted by Gasteiger charge is 2.46. The van der Waals surface area contributed by atoms with Crippen LogP contribution in [0.4, 0.5) is 0 Å². The lowest BCUT2D eigenvalue weighted by Crippen LogP contribution is -2.54. The first-order valence-electron chi connectivity index (χ1n) is 5.47. The Kier molecular flexibility index (Phi) is 3.74. The van der Waals surface area contributed by atoms with Crippen LogP contribution in [0.5, 0.6) is 0 Å². The SMILES string of the molecule is CCNCC(CC)C1(C)COC1C. The Morgan fingerprint density at radius 2 is 2.23 bits per heavy atom. The van der Waals surface area contributed by atoms with Crippen molar-refractivity contribution in [2.24, 2.45) is 11.3 Å². The summed E-state index contributed by atoms with van der Waals surface area (Å²) in [7, 11) is 0. The molecular formula is C11H23NO. The molecule has 1 saturated heterocycles. The van der Waals surface area contributed by atoms with Crippen molar-refractivity contribution in [1.82, 2.24) is 5.32 Å². The summed E-state index contributed by atoms with van der Waals surface area (Å²) in [4.78, 5) is 0. The second-order valence-corrected chi connectivity index (χ2v) is 4.37. The Morgan fingerprint density at radius 3 is 2.54 bits per heavy atom. The summed E-state index contributed by atoms with van der Waals surface area (Å²) in [6, 6.07) is 0. The lowest BCUT2D eigenvalue weighted by Gasteiger charge is -2.50. The van der Waals surface area contributed by atoms with Gasteiger partial charge in [-0.15, -0.1) is 0 Å². The third kappa shape index (κ3) is 2.05. The zero-order valence-corrected chi connectivity index (χ0v) is 9.39. The van der Waals surface area contributed by atoms with Gasteiger partial charge in [0.25, 0.3) is 0 Å². The second-order valence-electron chi connectivity index (χ2n) is 4.37. The molecule has 0 aromatic carbocycles. The van der Waals surface area contributed by atoms with Gasteiger partial charge in [-0.3, -0.25) is 0 Å². The highest BCUT2D eigenvalue weighted by atomic mass is 16.5. The molecule has 0 saturated carbocycles. The van der Waals surface area contributed by atoms with Gasteiger partial charge in [0.2, 0.25) is 0 Å². The summed E-state index contributed by atoms with van der Waals surface area (Å²) in [5.74, 6) is 0.760. The fourth-order valence-electron chi connectivity index (χ4n) is 2.13. The molecule has 3 atom stereocenters. The molecule has 1 aliphatic rings. The average molecular weight is 185 g/mol. The fourth-order valence-corrected chi connectivity index (χ4v) is 2.13. The van der Waals surface area contributed by atoms with Gasteiger partial charge in [-0.25, -0.2) is 0 Å². The van der Waals surface area contributed by atoms with E-state index in [1.807, 2.05) is 0 Å². The van der Waals surface area contributed by atoms with Crippen LogP contribution in [-0.4, -0.2) is 25.8 Å². The Balaban J connectivity index is 2.45. The Hall–Kier alpha value is -0.0800. The Bertz CT molecular complexity index is 160. The van der Waals surface area contributed by atoms with Crippen molar-refractivity contribution in [1.29, 1.82) is 0 Å². The van der Waals surface area contributed by atoms with Crippen molar-refractivity contribution in [3.05, 3.63) is 0 Å². The topological polar surface area (TPSA) is 21.3 Å². The maximum atomic E-state index is 5.48. The second kappa shape index (κ2) is 4.43. The van der Waals surface area contributed by atoms with Crippen LogP contribution >= 0.6 is 0 Å². The molecule has 1 fully saturated rings. The highest BCUT2D eigenvalue weighted by Crippen LogP contribution is 2.42. The van der Waals surface area contributed by atoms with Gasteiger partial charge in [-0.2, -0.15) is 0 Å². The van der Waals surface area contributed by atoms with Crippen molar-refractivity contribution in [3.8, 4) is 0 Å².